The van der Waals surface area contributed by atoms with Crippen molar-refractivity contribution in [3.63, 3.8) is 0 Å². The summed E-state index contributed by atoms with van der Waals surface area (Å²) in [4.78, 5) is 11.8. The topological polar surface area (TPSA) is 43.1 Å². The summed E-state index contributed by atoms with van der Waals surface area (Å²) in [5.41, 5.74) is 5.36. The molecule has 0 spiro atoms. The zero-order valence-electron chi connectivity index (χ0n) is 9.18. The molecule has 2 atom stereocenters. The zero-order chi connectivity index (χ0) is 10.3. The third-order valence-electron chi connectivity index (χ3n) is 4.53. The highest BCUT2D eigenvalue weighted by atomic mass is 16.1. The minimum Gasteiger partial charge on any atom is -0.324 e. The number of carbonyl (C=O) groups is 1. The molecule has 0 heterocycles. The Morgan fingerprint density at radius 2 is 2.00 bits per heavy atom. The van der Waals surface area contributed by atoms with Gasteiger partial charge in [-0.3, -0.25) is 4.79 Å². The molecule has 2 N–H and O–H groups in total. The van der Waals surface area contributed by atoms with Crippen molar-refractivity contribution in [2.24, 2.45) is 22.5 Å². The fourth-order valence-electron chi connectivity index (χ4n) is 2.46. The van der Waals surface area contributed by atoms with E-state index in [1.54, 1.807) is 0 Å². The molecule has 0 radical (unpaired) electrons. The Balaban J connectivity index is 2.98. The summed E-state index contributed by atoms with van der Waals surface area (Å²) in [6.45, 7) is 8.88. The van der Waals surface area contributed by atoms with Crippen LogP contribution in [0.4, 0.5) is 0 Å². The van der Waals surface area contributed by atoms with Gasteiger partial charge in [-0.05, 0) is 24.2 Å². The first-order valence-electron chi connectivity index (χ1n) is 5.09. The standard InChI is InChI=1S/C11H21NO/c1-8-5-6-11(4,9(13)7-12)10(8,2)3/h8H,5-7,12H2,1-4H3/t8-,11-/m1/s1. The van der Waals surface area contributed by atoms with E-state index < -0.39 is 0 Å². The number of Topliss-reactive ketones (excluding diaryl/α,β-unsaturated/α-hetero) is 1. The molecule has 1 aliphatic rings. The van der Waals surface area contributed by atoms with Crippen LogP contribution in [0.25, 0.3) is 0 Å². The van der Waals surface area contributed by atoms with Crippen LogP contribution in [0, 0.1) is 16.7 Å². The van der Waals surface area contributed by atoms with Gasteiger partial charge in [0.05, 0.1) is 6.54 Å². The van der Waals surface area contributed by atoms with Gasteiger partial charge in [0.15, 0.2) is 5.78 Å². The maximum absolute atomic E-state index is 11.8. The second-order valence-corrected chi connectivity index (χ2v) is 5.12. The van der Waals surface area contributed by atoms with E-state index in [1.807, 2.05) is 0 Å². The molecule has 2 nitrogen and oxygen atoms in total. The summed E-state index contributed by atoms with van der Waals surface area (Å²) in [5.74, 6) is 0.842. The minimum atomic E-state index is -0.193. The van der Waals surface area contributed by atoms with Crippen molar-refractivity contribution < 1.29 is 4.79 Å². The molecule has 0 unspecified atom stereocenters. The molecule has 0 aromatic heterocycles. The third-order valence-corrected chi connectivity index (χ3v) is 4.53. The lowest BCUT2D eigenvalue weighted by Gasteiger charge is -2.39. The highest BCUT2D eigenvalue weighted by Gasteiger charge is 2.53. The Bertz CT molecular complexity index is 222. The number of carbonyl (C=O) groups excluding carboxylic acids is 1. The van der Waals surface area contributed by atoms with Gasteiger partial charge in [-0.25, -0.2) is 0 Å². The largest absolute Gasteiger partial charge is 0.324 e. The van der Waals surface area contributed by atoms with Gasteiger partial charge in [0.25, 0.3) is 0 Å². The first-order chi connectivity index (χ1) is 5.86. The van der Waals surface area contributed by atoms with Crippen LogP contribution in [0.2, 0.25) is 0 Å². The van der Waals surface area contributed by atoms with Crippen molar-refractivity contribution in [1.29, 1.82) is 0 Å². The molecule has 0 saturated heterocycles. The molecular formula is C11H21NO. The van der Waals surface area contributed by atoms with Gasteiger partial charge in [0.1, 0.15) is 0 Å². The van der Waals surface area contributed by atoms with Crippen molar-refractivity contribution in [1.82, 2.24) is 0 Å². The zero-order valence-corrected chi connectivity index (χ0v) is 9.18. The average molecular weight is 183 g/mol. The van der Waals surface area contributed by atoms with Crippen LogP contribution < -0.4 is 5.73 Å². The Morgan fingerprint density at radius 1 is 1.46 bits per heavy atom. The summed E-state index contributed by atoms with van der Waals surface area (Å²) in [6.07, 6.45) is 2.15. The molecule has 0 aromatic carbocycles. The van der Waals surface area contributed by atoms with Crippen LogP contribution in [-0.4, -0.2) is 12.3 Å². The van der Waals surface area contributed by atoms with Crippen LogP contribution in [-0.2, 0) is 4.79 Å². The lowest BCUT2D eigenvalue weighted by Crippen LogP contribution is -2.43. The van der Waals surface area contributed by atoms with Gasteiger partial charge < -0.3 is 5.73 Å². The van der Waals surface area contributed by atoms with Crippen LogP contribution in [0.3, 0.4) is 0 Å². The van der Waals surface area contributed by atoms with Crippen LogP contribution in [0.5, 0.6) is 0 Å². The van der Waals surface area contributed by atoms with Gasteiger partial charge in [-0.15, -0.1) is 0 Å². The monoisotopic (exact) mass is 183 g/mol. The molecule has 1 rings (SSSR count). The summed E-state index contributed by atoms with van der Waals surface area (Å²) < 4.78 is 0. The molecule has 0 bridgehead atoms. The van der Waals surface area contributed by atoms with E-state index in [0.29, 0.717) is 5.92 Å². The van der Waals surface area contributed by atoms with Crippen molar-refractivity contribution in [3.8, 4) is 0 Å². The lowest BCUT2D eigenvalue weighted by molar-refractivity contribution is -0.132. The molecule has 76 valence electrons. The number of nitrogens with two attached hydrogens (primary N) is 1. The van der Waals surface area contributed by atoms with Crippen LogP contribution in [0.1, 0.15) is 40.5 Å². The minimum absolute atomic E-state index is 0.101. The number of hydrogen-bond acceptors (Lipinski definition) is 2. The first kappa shape index (κ1) is 10.7. The highest BCUT2D eigenvalue weighted by Crippen LogP contribution is 2.55. The van der Waals surface area contributed by atoms with E-state index in [0.717, 1.165) is 12.8 Å². The molecule has 1 saturated carbocycles. The van der Waals surface area contributed by atoms with Crippen LogP contribution in [0.15, 0.2) is 0 Å². The van der Waals surface area contributed by atoms with Gasteiger partial charge in [-0.2, -0.15) is 0 Å². The maximum atomic E-state index is 11.8. The SMILES string of the molecule is C[C@@H]1CC[C@](C)(C(=O)CN)C1(C)C. The normalized spacial score (nSPS) is 37.8. The molecule has 1 fully saturated rings. The predicted molar refractivity (Wildman–Crippen MR) is 54.3 cm³/mol. The molecule has 13 heavy (non-hydrogen) atoms. The maximum Gasteiger partial charge on any atom is 0.152 e. The molecular weight excluding hydrogens is 162 g/mol. The van der Waals surface area contributed by atoms with E-state index in [4.69, 9.17) is 5.73 Å². The second-order valence-electron chi connectivity index (χ2n) is 5.12. The molecule has 0 aliphatic heterocycles. The predicted octanol–water partition coefficient (Wildman–Crippen LogP) is 1.98. The molecule has 0 amide bonds. The number of ketones is 1. The van der Waals surface area contributed by atoms with E-state index >= 15 is 0 Å². The summed E-state index contributed by atoms with van der Waals surface area (Å²) in [6, 6.07) is 0. The molecule has 2 heteroatoms. The first-order valence-corrected chi connectivity index (χ1v) is 5.09. The fourth-order valence-corrected chi connectivity index (χ4v) is 2.46. The summed E-state index contributed by atoms with van der Waals surface area (Å²) >= 11 is 0. The number of hydrogen-bond donors (Lipinski definition) is 1. The van der Waals surface area contributed by atoms with Gasteiger partial charge in [-0.1, -0.05) is 27.7 Å². The third kappa shape index (κ3) is 1.32. The number of rotatable bonds is 2. The Morgan fingerprint density at radius 3 is 2.31 bits per heavy atom. The average Bonchev–Trinajstić information content (AvgIpc) is 2.29. The lowest BCUT2D eigenvalue weighted by atomic mass is 9.64. The van der Waals surface area contributed by atoms with Gasteiger partial charge in [0.2, 0.25) is 0 Å². The Kier molecular flexibility index (Phi) is 2.54. The summed E-state index contributed by atoms with van der Waals surface area (Å²) in [5, 5.41) is 0. The van der Waals surface area contributed by atoms with E-state index in [2.05, 4.69) is 27.7 Å². The van der Waals surface area contributed by atoms with E-state index in [1.165, 1.54) is 0 Å². The van der Waals surface area contributed by atoms with Crippen LogP contribution >= 0.6 is 0 Å². The van der Waals surface area contributed by atoms with E-state index in [9.17, 15) is 4.79 Å². The van der Waals surface area contributed by atoms with Crippen molar-refractivity contribution in [3.05, 3.63) is 0 Å². The second kappa shape index (κ2) is 3.09. The van der Waals surface area contributed by atoms with Crippen molar-refractivity contribution in [2.75, 3.05) is 6.54 Å². The highest BCUT2D eigenvalue weighted by molar-refractivity contribution is 5.87. The fraction of sp³-hybridized carbons (Fsp3) is 0.909. The van der Waals surface area contributed by atoms with E-state index in [-0.39, 0.29) is 23.2 Å². The quantitative estimate of drug-likeness (QED) is 0.711. The van der Waals surface area contributed by atoms with Crippen molar-refractivity contribution in [2.45, 2.75) is 40.5 Å². The Hall–Kier alpha value is -0.370. The van der Waals surface area contributed by atoms with Gasteiger partial charge in [0, 0.05) is 5.41 Å². The smallest absolute Gasteiger partial charge is 0.152 e. The van der Waals surface area contributed by atoms with Crippen molar-refractivity contribution >= 4 is 5.78 Å². The Labute approximate surface area is 80.9 Å². The van der Waals surface area contributed by atoms with Gasteiger partial charge >= 0.3 is 0 Å². The molecule has 0 aromatic rings. The summed E-state index contributed by atoms with van der Waals surface area (Å²) in [7, 11) is 0. The molecule has 1 aliphatic carbocycles.